The second kappa shape index (κ2) is 3.63. The Hall–Kier alpha value is -1.23. The predicted octanol–water partition coefficient (Wildman–Crippen LogP) is 4.12. The first kappa shape index (κ1) is 11.8. The lowest BCUT2D eigenvalue weighted by atomic mass is 9.98. The third-order valence-electron chi connectivity index (χ3n) is 3.86. The number of nitrogens with one attached hydrogen (secondary N) is 1. The number of aromatic amines is 1. The molecule has 0 radical (unpaired) electrons. The van der Waals surface area contributed by atoms with Crippen LogP contribution in [0.4, 0.5) is 8.78 Å². The molecule has 0 bridgehead atoms. The van der Waals surface area contributed by atoms with Gasteiger partial charge in [-0.2, -0.15) is 0 Å². The van der Waals surface area contributed by atoms with E-state index < -0.39 is 11.6 Å². The number of H-pyrrole nitrogens is 1. The number of nitrogens with zero attached hydrogens (tertiary/aromatic N) is 1. The van der Waals surface area contributed by atoms with Gasteiger partial charge in [0.1, 0.15) is 11.3 Å². The lowest BCUT2D eigenvalue weighted by Crippen LogP contribution is -2.28. The first-order chi connectivity index (χ1) is 8.41. The first-order valence-corrected chi connectivity index (χ1v) is 6.42. The molecule has 1 N–H and O–H groups in total. The van der Waals surface area contributed by atoms with E-state index in [0.717, 1.165) is 18.9 Å². The fourth-order valence-electron chi connectivity index (χ4n) is 2.68. The lowest BCUT2D eigenvalue weighted by molar-refractivity contribution is 0.310. The summed E-state index contributed by atoms with van der Waals surface area (Å²) in [4.78, 5) is 2.85. The van der Waals surface area contributed by atoms with Gasteiger partial charge < -0.3 is 9.55 Å². The fourth-order valence-corrected chi connectivity index (χ4v) is 3.11. The minimum atomic E-state index is -0.596. The van der Waals surface area contributed by atoms with Gasteiger partial charge in [-0.3, -0.25) is 0 Å². The summed E-state index contributed by atoms with van der Waals surface area (Å²) in [5, 5.41) is 0. The van der Waals surface area contributed by atoms with Gasteiger partial charge in [0, 0.05) is 11.6 Å². The van der Waals surface area contributed by atoms with E-state index >= 15 is 0 Å². The smallest absolute Gasteiger partial charge is 0.178 e. The molecule has 0 saturated heterocycles. The summed E-state index contributed by atoms with van der Waals surface area (Å²) < 4.78 is 29.4. The summed E-state index contributed by atoms with van der Waals surface area (Å²) in [5.74, 6) is -0.648. The normalized spacial score (nSPS) is 16.4. The van der Waals surface area contributed by atoms with Crippen molar-refractivity contribution in [2.75, 3.05) is 0 Å². The Balaban J connectivity index is 2.35. The van der Waals surface area contributed by atoms with Gasteiger partial charge >= 0.3 is 0 Å². The highest BCUT2D eigenvalue weighted by Crippen LogP contribution is 2.45. The van der Waals surface area contributed by atoms with Gasteiger partial charge in [0.05, 0.1) is 5.52 Å². The van der Waals surface area contributed by atoms with E-state index in [1.807, 2.05) is 4.57 Å². The van der Waals surface area contributed by atoms with Crippen LogP contribution in [0.25, 0.3) is 11.0 Å². The Morgan fingerprint density at radius 1 is 1.33 bits per heavy atom. The summed E-state index contributed by atoms with van der Waals surface area (Å²) in [7, 11) is 0. The summed E-state index contributed by atoms with van der Waals surface area (Å²) in [6.07, 6.45) is 2.28. The number of hydrogen-bond acceptors (Lipinski definition) is 1. The molecule has 1 saturated carbocycles. The zero-order valence-corrected chi connectivity index (χ0v) is 11.1. The minimum Gasteiger partial charge on any atom is -0.328 e. The molecule has 3 rings (SSSR count). The van der Waals surface area contributed by atoms with Gasteiger partial charge in [-0.1, -0.05) is 0 Å². The van der Waals surface area contributed by atoms with Gasteiger partial charge in [-0.25, -0.2) is 8.78 Å². The van der Waals surface area contributed by atoms with Crippen LogP contribution in [0.2, 0.25) is 0 Å². The Labute approximate surface area is 109 Å². The van der Waals surface area contributed by atoms with Crippen LogP contribution in [0.5, 0.6) is 0 Å². The van der Waals surface area contributed by atoms with E-state index in [1.54, 1.807) is 0 Å². The van der Waals surface area contributed by atoms with Crippen LogP contribution in [0.1, 0.15) is 26.7 Å². The molecule has 0 spiro atoms. The second-order valence-corrected chi connectivity index (χ2v) is 5.86. The molecule has 5 heteroatoms. The number of benzene rings is 1. The average molecular weight is 268 g/mol. The van der Waals surface area contributed by atoms with Crippen LogP contribution in [-0.4, -0.2) is 9.55 Å². The molecule has 0 amide bonds. The standard InChI is InChI=1S/C13H14F2N2S/c1-13(2,7-3-4-7)17-10-6-8(14)5-9(15)11(10)16-12(17)18/h5-7H,3-4H2,1-2H3,(H,16,18). The van der Waals surface area contributed by atoms with Gasteiger partial charge in [0.15, 0.2) is 10.6 Å². The number of hydrogen-bond donors (Lipinski definition) is 1. The molecule has 1 aromatic heterocycles. The molecule has 2 aromatic rings. The van der Waals surface area contributed by atoms with Crippen LogP contribution in [0.3, 0.4) is 0 Å². The molecule has 18 heavy (non-hydrogen) atoms. The monoisotopic (exact) mass is 268 g/mol. The van der Waals surface area contributed by atoms with Crippen molar-refractivity contribution in [2.45, 2.75) is 32.2 Å². The number of aromatic nitrogens is 2. The summed E-state index contributed by atoms with van der Waals surface area (Å²) in [5.41, 5.74) is 0.583. The van der Waals surface area contributed by atoms with Crippen molar-refractivity contribution in [1.82, 2.24) is 9.55 Å². The van der Waals surface area contributed by atoms with Gasteiger partial charge in [-0.05, 0) is 50.9 Å². The molecule has 96 valence electrons. The zero-order chi connectivity index (χ0) is 13.1. The number of halogens is 2. The summed E-state index contributed by atoms with van der Waals surface area (Å²) in [6, 6.07) is 2.22. The highest BCUT2D eigenvalue weighted by Gasteiger charge is 2.40. The van der Waals surface area contributed by atoms with Gasteiger partial charge in [-0.15, -0.1) is 0 Å². The van der Waals surface area contributed by atoms with Crippen molar-refractivity contribution in [3.63, 3.8) is 0 Å². The van der Waals surface area contributed by atoms with Crippen molar-refractivity contribution in [1.29, 1.82) is 0 Å². The van der Waals surface area contributed by atoms with Crippen molar-refractivity contribution in [3.8, 4) is 0 Å². The highest BCUT2D eigenvalue weighted by molar-refractivity contribution is 7.71. The number of imidazole rings is 1. The minimum absolute atomic E-state index is 0.213. The Bertz CT molecular complexity index is 680. The molecule has 1 aliphatic rings. The maximum Gasteiger partial charge on any atom is 0.178 e. The van der Waals surface area contributed by atoms with Gasteiger partial charge in [0.2, 0.25) is 0 Å². The molecular formula is C13H14F2N2S. The molecule has 0 unspecified atom stereocenters. The summed E-state index contributed by atoms with van der Waals surface area (Å²) in [6.45, 7) is 4.13. The SMILES string of the molecule is CC(C)(C1CC1)n1c(=S)[nH]c2c(F)cc(F)cc21. The molecule has 1 fully saturated rings. The Kier molecular flexibility index (Phi) is 2.39. The predicted molar refractivity (Wildman–Crippen MR) is 69.1 cm³/mol. The summed E-state index contributed by atoms with van der Waals surface area (Å²) >= 11 is 5.27. The van der Waals surface area contributed by atoms with Crippen LogP contribution in [0, 0.1) is 22.3 Å². The maximum atomic E-state index is 13.7. The van der Waals surface area contributed by atoms with E-state index in [2.05, 4.69) is 18.8 Å². The average Bonchev–Trinajstić information content (AvgIpc) is 3.03. The van der Waals surface area contributed by atoms with Crippen molar-refractivity contribution in [3.05, 3.63) is 28.5 Å². The lowest BCUT2D eigenvalue weighted by Gasteiger charge is -2.27. The zero-order valence-electron chi connectivity index (χ0n) is 10.3. The van der Waals surface area contributed by atoms with Crippen molar-refractivity contribution in [2.24, 2.45) is 5.92 Å². The largest absolute Gasteiger partial charge is 0.328 e. The van der Waals surface area contributed by atoms with Gasteiger partial charge in [0.25, 0.3) is 0 Å². The molecule has 1 heterocycles. The highest BCUT2D eigenvalue weighted by atomic mass is 32.1. The van der Waals surface area contributed by atoms with E-state index in [-0.39, 0.29) is 11.1 Å². The maximum absolute atomic E-state index is 13.7. The Morgan fingerprint density at radius 2 is 2.00 bits per heavy atom. The van der Waals surface area contributed by atoms with Crippen molar-refractivity contribution < 1.29 is 8.78 Å². The second-order valence-electron chi connectivity index (χ2n) is 5.48. The van der Waals surface area contributed by atoms with E-state index in [1.165, 1.54) is 6.07 Å². The fraction of sp³-hybridized carbons (Fsp3) is 0.462. The Morgan fingerprint density at radius 3 is 2.61 bits per heavy atom. The molecule has 1 aromatic carbocycles. The van der Waals surface area contributed by atoms with Crippen LogP contribution in [0.15, 0.2) is 12.1 Å². The number of fused-ring (bicyclic) bond motifs is 1. The van der Waals surface area contributed by atoms with Crippen molar-refractivity contribution >= 4 is 23.3 Å². The van der Waals surface area contributed by atoms with Crippen LogP contribution < -0.4 is 0 Å². The molecule has 2 nitrogen and oxygen atoms in total. The quantitative estimate of drug-likeness (QED) is 0.812. The molecule has 0 aliphatic heterocycles. The molecular weight excluding hydrogens is 254 g/mol. The first-order valence-electron chi connectivity index (χ1n) is 6.01. The van der Waals surface area contributed by atoms with E-state index in [4.69, 9.17) is 12.2 Å². The molecule has 1 aliphatic carbocycles. The van der Waals surface area contributed by atoms with E-state index in [0.29, 0.717) is 16.2 Å². The third-order valence-corrected chi connectivity index (χ3v) is 4.15. The topological polar surface area (TPSA) is 20.7 Å². The number of rotatable bonds is 2. The van der Waals surface area contributed by atoms with Crippen LogP contribution >= 0.6 is 12.2 Å². The third kappa shape index (κ3) is 1.61. The van der Waals surface area contributed by atoms with Crippen LogP contribution in [-0.2, 0) is 5.54 Å². The molecule has 0 atom stereocenters. The van der Waals surface area contributed by atoms with E-state index in [9.17, 15) is 8.78 Å².